The first-order valence-electron chi connectivity index (χ1n) is 5.90. The van der Waals surface area contributed by atoms with E-state index in [0.717, 1.165) is 10.0 Å². The molecule has 0 spiro atoms. The van der Waals surface area contributed by atoms with Crippen molar-refractivity contribution >= 4 is 37.5 Å². The smallest absolute Gasteiger partial charge is 0.319 e. The van der Waals surface area contributed by atoms with Crippen LogP contribution < -0.4 is 10.6 Å². The van der Waals surface area contributed by atoms with Crippen molar-refractivity contribution in [3.8, 4) is 0 Å². The topological polar surface area (TPSA) is 75.3 Å². The number of sulfone groups is 1. The molecule has 0 bridgehead atoms. The summed E-state index contributed by atoms with van der Waals surface area (Å²) in [6.07, 6.45) is 0.480. The fraction of sp³-hybridized carbons (Fsp3) is 0.417. The van der Waals surface area contributed by atoms with Gasteiger partial charge in [0.2, 0.25) is 0 Å². The molecular weight excluding hydrogens is 332 g/mol. The van der Waals surface area contributed by atoms with Gasteiger partial charge in [-0.15, -0.1) is 0 Å². The first-order valence-corrected chi connectivity index (χ1v) is 8.51. The number of urea groups is 1. The summed E-state index contributed by atoms with van der Waals surface area (Å²) in [4.78, 5) is 11.7. The van der Waals surface area contributed by atoms with Crippen molar-refractivity contribution in [3.63, 3.8) is 0 Å². The third kappa shape index (κ3) is 3.94. The minimum atomic E-state index is -2.98. The van der Waals surface area contributed by atoms with Crippen molar-refractivity contribution in [1.82, 2.24) is 5.32 Å². The highest BCUT2D eigenvalue weighted by atomic mass is 79.9. The quantitative estimate of drug-likeness (QED) is 0.860. The molecule has 1 aromatic carbocycles. The van der Waals surface area contributed by atoms with E-state index < -0.39 is 9.84 Å². The molecule has 1 unspecified atom stereocenters. The first kappa shape index (κ1) is 14.3. The van der Waals surface area contributed by atoms with E-state index in [1.165, 1.54) is 0 Å². The van der Waals surface area contributed by atoms with Crippen LogP contribution in [0.2, 0.25) is 0 Å². The molecular formula is C12H15BrN2O3S. The zero-order valence-electron chi connectivity index (χ0n) is 10.4. The molecule has 2 rings (SSSR count). The second-order valence-electron chi connectivity index (χ2n) is 4.66. The van der Waals surface area contributed by atoms with Gasteiger partial charge >= 0.3 is 6.03 Å². The van der Waals surface area contributed by atoms with Crippen LogP contribution >= 0.6 is 15.9 Å². The fourth-order valence-corrected chi connectivity index (χ4v) is 3.98. The minimum Gasteiger partial charge on any atom is -0.334 e. The van der Waals surface area contributed by atoms with Crippen LogP contribution in [0.4, 0.5) is 10.5 Å². The van der Waals surface area contributed by atoms with Gasteiger partial charge in [-0.2, -0.15) is 0 Å². The van der Waals surface area contributed by atoms with E-state index >= 15 is 0 Å². The van der Waals surface area contributed by atoms with Gasteiger partial charge in [0.25, 0.3) is 0 Å². The Labute approximate surface area is 120 Å². The van der Waals surface area contributed by atoms with Gasteiger partial charge in [0, 0.05) is 16.2 Å². The Morgan fingerprint density at radius 3 is 2.74 bits per heavy atom. The highest BCUT2D eigenvalue weighted by Gasteiger charge is 2.28. The van der Waals surface area contributed by atoms with Crippen molar-refractivity contribution < 1.29 is 13.2 Å². The van der Waals surface area contributed by atoms with E-state index in [2.05, 4.69) is 26.6 Å². The van der Waals surface area contributed by atoms with Gasteiger partial charge in [-0.05, 0) is 31.0 Å². The molecule has 0 radical (unpaired) electrons. The maximum absolute atomic E-state index is 11.7. The Morgan fingerprint density at radius 1 is 1.42 bits per heavy atom. The summed E-state index contributed by atoms with van der Waals surface area (Å²) in [6, 6.07) is 4.82. The number of anilines is 1. The maximum atomic E-state index is 11.7. The summed E-state index contributed by atoms with van der Waals surface area (Å²) in [6.45, 7) is 1.96. The summed E-state index contributed by atoms with van der Waals surface area (Å²) < 4.78 is 23.5. The average molecular weight is 347 g/mol. The van der Waals surface area contributed by atoms with Gasteiger partial charge in [-0.25, -0.2) is 13.2 Å². The Kier molecular flexibility index (Phi) is 4.15. The van der Waals surface area contributed by atoms with Crippen LogP contribution in [0.15, 0.2) is 22.7 Å². The van der Waals surface area contributed by atoms with Crippen molar-refractivity contribution in [3.05, 3.63) is 28.2 Å². The molecule has 1 atom stereocenters. The Balaban J connectivity index is 1.93. The number of nitrogens with one attached hydrogen (secondary N) is 2. The van der Waals surface area contributed by atoms with Gasteiger partial charge in [0.15, 0.2) is 9.84 Å². The SMILES string of the molecule is Cc1ccc(NC(=O)NC2CCS(=O)(=O)C2)cc1Br. The molecule has 1 heterocycles. The van der Waals surface area contributed by atoms with E-state index in [-0.39, 0.29) is 23.6 Å². The van der Waals surface area contributed by atoms with E-state index in [4.69, 9.17) is 0 Å². The summed E-state index contributed by atoms with van der Waals surface area (Å²) in [5, 5.41) is 5.36. The molecule has 1 aliphatic heterocycles. The lowest BCUT2D eigenvalue weighted by molar-refractivity contribution is 0.249. The summed E-state index contributed by atoms with van der Waals surface area (Å²) in [5.74, 6) is 0.173. The van der Waals surface area contributed by atoms with Crippen LogP contribution in [-0.2, 0) is 9.84 Å². The number of aryl methyl sites for hydroxylation is 1. The number of hydrogen-bond acceptors (Lipinski definition) is 3. The van der Waals surface area contributed by atoms with Crippen molar-refractivity contribution in [1.29, 1.82) is 0 Å². The number of carbonyl (C=O) groups is 1. The van der Waals surface area contributed by atoms with Gasteiger partial charge < -0.3 is 10.6 Å². The predicted molar refractivity (Wildman–Crippen MR) is 78.1 cm³/mol. The number of halogens is 1. The molecule has 0 saturated carbocycles. The normalized spacial score (nSPS) is 21.1. The second-order valence-corrected chi connectivity index (χ2v) is 7.75. The summed E-state index contributed by atoms with van der Waals surface area (Å²) in [5.41, 5.74) is 1.74. The zero-order chi connectivity index (χ0) is 14.0. The predicted octanol–water partition coefficient (Wildman–Crippen LogP) is 2.07. The van der Waals surface area contributed by atoms with Crippen molar-refractivity contribution in [2.24, 2.45) is 0 Å². The molecule has 0 aliphatic carbocycles. The molecule has 1 aromatic rings. The van der Waals surface area contributed by atoms with Crippen LogP contribution in [0.3, 0.4) is 0 Å². The third-order valence-corrected chi connectivity index (χ3v) is 5.62. The van der Waals surface area contributed by atoms with E-state index in [1.54, 1.807) is 12.1 Å². The second kappa shape index (κ2) is 5.50. The number of amides is 2. The third-order valence-electron chi connectivity index (χ3n) is 3.00. The highest BCUT2D eigenvalue weighted by molar-refractivity contribution is 9.10. The fourth-order valence-electron chi connectivity index (χ4n) is 1.93. The number of hydrogen-bond donors (Lipinski definition) is 2. The monoisotopic (exact) mass is 346 g/mol. The lowest BCUT2D eigenvalue weighted by atomic mass is 10.2. The van der Waals surface area contributed by atoms with Crippen LogP contribution in [0, 0.1) is 6.92 Å². The van der Waals surface area contributed by atoms with E-state index in [9.17, 15) is 13.2 Å². The van der Waals surface area contributed by atoms with Gasteiger partial charge in [0.05, 0.1) is 11.5 Å². The number of benzene rings is 1. The lowest BCUT2D eigenvalue weighted by Gasteiger charge is -2.12. The van der Waals surface area contributed by atoms with Crippen LogP contribution in [0.1, 0.15) is 12.0 Å². The molecule has 2 amide bonds. The summed E-state index contributed by atoms with van der Waals surface area (Å²) >= 11 is 3.39. The maximum Gasteiger partial charge on any atom is 0.319 e. The van der Waals surface area contributed by atoms with Gasteiger partial charge in [-0.3, -0.25) is 0 Å². The Morgan fingerprint density at radius 2 is 2.16 bits per heavy atom. The largest absolute Gasteiger partial charge is 0.334 e. The Hall–Kier alpha value is -1.08. The minimum absolute atomic E-state index is 0.0258. The van der Waals surface area contributed by atoms with E-state index in [0.29, 0.717) is 12.1 Å². The first-order chi connectivity index (χ1) is 8.85. The summed E-state index contributed by atoms with van der Waals surface area (Å²) in [7, 11) is -2.98. The highest BCUT2D eigenvalue weighted by Crippen LogP contribution is 2.20. The molecule has 1 aliphatic rings. The molecule has 19 heavy (non-hydrogen) atoms. The molecule has 104 valence electrons. The number of carbonyl (C=O) groups excluding carboxylic acids is 1. The molecule has 7 heteroatoms. The van der Waals surface area contributed by atoms with Crippen LogP contribution in [0.25, 0.3) is 0 Å². The standard InChI is InChI=1S/C12H15BrN2O3S/c1-8-2-3-9(6-11(8)13)14-12(16)15-10-4-5-19(17,18)7-10/h2-3,6,10H,4-5,7H2,1H3,(H2,14,15,16). The van der Waals surface area contributed by atoms with Crippen molar-refractivity contribution in [2.75, 3.05) is 16.8 Å². The zero-order valence-corrected chi connectivity index (χ0v) is 12.8. The van der Waals surface area contributed by atoms with E-state index in [1.807, 2.05) is 13.0 Å². The van der Waals surface area contributed by atoms with Gasteiger partial charge in [0.1, 0.15) is 0 Å². The van der Waals surface area contributed by atoms with Crippen LogP contribution in [0.5, 0.6) is 0 Å². The Bertz CT molecular complexity index is 601. The molecule has 2 N–H and O–H groups in total. The molecule has 1 saturated heterocycles. The number of rotatable bonds is 2. The van der Waals surface area contributed by atoms with Gasteiger partial charge in [-0.1, -0.05) is 22.0 Å². The van der Waals surface area contributed by atoms with Crippen molar-refractivity contribution in [2.45, 2.75) is 19.4 Å². The van der Waals surface area contributed by atoms with Crippen LogP contribution in [-0.4, -0.2) is 32.0 Å². The average Bonchev–Trinajstić information content (AvgIpc) is 2.63. The lowest BCUT2D eigenvalue weighted by Crippen LogP contribution is -2.38. The molecule has 1 fully saturated rings. The molecule has 5 nitrogen and oxygen atoms in total. The molecule has 0 aromatic heterocycles.